The Morgan fingerprint density at radius 2 is 1.67 bits per heavy atom. The number of aliphatic carboxylic acids is 2. The second kappa shape index (κ2) is 10.6. The van der Waals surface area contributed by atoms with Crippen LogP contribution in [0.3, 0.4) is 0 Å². The van der Waals surface area contributed by atoms with Crippen molar-refractivity contribution in [1.29, 1.82) is 5.41 Å². The van der Waals surface area contributed by atoms with E-state index in [-0.39, 0.29) is 43.2 Å². The van der Waals surface area contributed by atoms with Crippen molar-refractivity contribution < 1.29 is 19.8 Å². The van der Waals surface area contributed by atoms with Crippen LogP contribution in [0.25, 0.3) is 0 Å². The van der Waals surface area contributed by atoms with E-state index in [1.165, 1.54) is 0 Å². The molecule has 3 rings (SSSR count). The van der Waals surface area contributed by atoms with Gasteiger partial charge >= 0.3 is 11.9 Å². The molecule has 0 saturated carbocycles. The van der Waals surface area contributed by atoms with Crippen LogP contribution in [0.5, 0.6) is 0 Å². The van der Waals surface area contributed by atoms with Gasteiger partial charge in [0.15, 0.2) is 0 Å². The zero-order valence-electron chi connectivity index (χ0n) is 16.9. The average molecular weight is 440 g/mol. The monoisotopic (exact) mass is 439 g/mol. The van der Waals surface area contributed by atoms with Crippen molar-refractivity contribution in [3.8, 4) is 0 Å². The Morgan fingerprint density at radius 1 is 1.03 bits per heavy atom. The van der Waals surface area contributed by atoms with E-state index in [9.17, 15) is 14.7 Å². The summed E-state index contributed by atoms with van der Waals surface area (Å²) in [5.41, 5.74) is 7.31. The average Bonchev–Trinajstić information content (AvgIpc) is 2.67. The molecule has 2 saturated heterocycles. The van der Waals surface area contributed by atoms with Crippen LogP contribution in [0, 0.1) is 11.3 Å². The third kappa shape index (κ3) is 6.07. The minimum absolute atomic E-state index is 0. The second-order valence-corrected chi connectivity index (χ2v) is 7.83. The number of hydrogen-bond acceptors (Lipinski definition) is 6. The van der Waals surface area contributed by atoms with Crippen molar-refractivity contribution in [2.24, 2.45) is 11.7 Å². The first kappa shape index (κ1) is 23.9. The third-order valence-electron chi connectivity index (χ3n) is 5.90. The number of carbonyl (C=O) groups is 2. The van der Waals surface area contributed by atoms with Gasteiger partial charge in [0.2, 0.25) is 0 Å². The van der Waals surface area contributed by atoms with Crippen LogP contribution >= 0.6 is 12.4 Å². The molecule has 2 atom stereocenters. The fraction of sp³-hybridized carbons (Fsp3) is 0.550. The summed E-state index contributed by atoms with van der Waals surface area (Å²) in [5.74, 6) is -1.72. The van der Waals surface area contributed by atoms with Gasteiger partial charge in [0.05, 0.1) is 13.0 Å². The highest BCUT2D eigenvalue weighted by atomic mass is 35.5. The molecule has 2 fully saturated rings. The van der Waals surface area contributed by atoms with Crippen LogP contribution in [0.1, 0.15) is 18.4 Å². The molecular formula is C20H30ClN5O4. The normalized spacial score (nSPS) is 22.9. The molecule has 0 bridgehead atoms. The maximum atomic E-state index is 11.4. The standard InChI is InChI=1S/C20H29N5O4.ClH/c21-20(22)14-1-3-16(4-2-14)24-7-9-25(10-8-24)17-5-6-23(13-19(28)29)12-15(17)11-18(26)27;/h1-4,15,17H,5-13H2,(H3,21,22)(H,26,27)(H,28,29);1H. The molecule has 0 aromatic heterocycles. The van der Waals surface area contributed by atoms with Crippen molar-refractivity contribution in [2.45, 2.75) is 18.9 Å². The molecule has 2 unspecified atom stereocenters. The number of hydrogen-bond donors (Lipinski definition) is 4. The molecule has 1 aromatic rings. The van der Waals surface area contributed by atoms with E-state index in [0.29, 0.717) is 18.7 Å². The number of likely N-dealkylation sites (tertiary alicyclic amines) is 1. The Labute approximate surface area is 182 Å². The lowest BCUT2D eigenvalue weighted by Gasteiger charge is -2.46. The Balaban J connectivity index is 0.00000320. The highest BCUT2D eigenvalue weighted by Crippen LogP contribution is 2.27. The molecule has 2 aliphatic rings. The van der Waals surface area contributed by atoms with Crippen LogP contribution in [0.2, 0.25) is 0 Å². The lowest BCUT2D eigenvalue weighted by atomic mass is 9.87. The van der Waals surface area contributed by atoms with Gasteiger partial charge < -0.3 is 20.8 Å². The maximum absolute atomic E-state index is 11.4. The van der Waals surface area contributed by atoms with E-state index >= 15 is 0 Å². The summed E-state index contributed by atoms with van der Waals surface area (Å²) in [4.78, 5) is 28.9. The van der Waals surface area contributed by atoms with Gasteiger partial charge in [-0.2, -0.15) is 0 Å². The zero-order valence-corrected chi connectivity index (χ0v) is 17.7. The Bertz CT molecular complexity index is 752. The van der Waals surface area contributed by atoms with Gasteiger partial charge in [-0.3, -0.25) is 24.8 Å². The highest BCUT2D eigenvalue weighted by molar-refractivity contribution is 5.95. The number of anilines is 1. The number of nitrogen functional groups attached to an aromatic ring is 1. The Kier molecular flexibility index (Phi) is 8.45. The van der Waals surface area contributed by atoms with Gasteiger partial charge in [0, 0.05) is 56.6 Å². The van der Waals surface area contributed by atoms with Crippen LogP contribution in [-0.4, -0.2) is 89.6 Å². The number of piperidine rings is 1. The van der Waals surface area contributed by atoms with E-state index in [4.69, 9.17) is 16.2 Å². The molecule has 9 nitrogen and oxygen atoms in total. The predicted octanol–water partition coefficient (Wildman–Crippen LogP) is 0.764. The Morgan fingerprint density at radius 3 is 2.20 bits per heavy atom. The van der Waals surface area contributed by atoms with E-state index in [0.717, 1.165) is 38.3 Å². The lowest BCUT2D eigenvalue weighted by Crippen LogP contribution is -2.57. The highest BCUT2D eigenvalue weighted by Gasteiger charge is 2.36. The fourth-order valence-corrected chi connectivity index (χ4v) is 4.50. The van der Waals surface area contributed by atoms with E-state index in [1.807, 2.05) is 29.2 Å². The fourth-order valence-electron chi connectivity index (χ4n) is 4.50. The number of piperazine rings is 1. The summed E-state index contributed by atoms with van der Waals surface area (Å²) < 4.78 is 0. The minimum atomic E-state index is -0.873. The van der Waals surface area contributed by atoms with Gasteiger partial charge in [-0.15, -0.1) is 12.4 Å². The van der Waals surface area contributed by atoms with Crippen LogP contribution in [0.15, 0.2) is 24.3 Å². The summed E-state index contributed by atoms with van der Waals surface area (Å²) in [6, 6.07) is 7.82. The van der Waals surface area contributed by atoms with Gasteiger partial charge in [0.1, 0.15) is 5.84 Å². The summed E-state index contributed by atoms with van der Waals surface area (Å²) >= 11 is 0. The molecule has 0 radical (unpaired) electrons. The van der Waals surface area contributed by atoms with Crippen molar-refractivity contribution in [3.05, 3.63) is 29.8 Å². The molecule has 0 aliphatic carbocycles. The molecule has 1 aromatic carbocycles. The first-order chi connectivity index (χ1) is 13.8. The van der Waals surface area contributed by atoms with Gasteiger partial charge in [-0.25, -0.2) is 0 Å². The van der Waals surface area contributed by atoms with Gasteiger partial charge in [0.25, 0.3) is 0 Å². The molecule has 166 valence electrons. The quantitative estimate of drug-likeness (QED) is 0.361. The summed E-state index contributed by atoms with van der Waals surface area (Å²) in [6.07, 6.45) is 0.853. The van der Waals surface area contributed by atoms with E-state index < -0.39 is 11.9 Å². The number of carboxylic acid groups (broad SMARTS) is 2. The van der Waals surface area contributed by atoms with Crippen LogP contribution in [0.4, 0.5) is 5.69 Å². The summed E-state index contributed by atoms with van der Waals surface area (Å²) in [7, 11) is 0. The summed E-state index contributed by atoms with van der Waals surface area (Å²) in [5, 5.41) is 25.8. The third-order valence-corrected chi connectivity index (χ3v) is 5.90. The van der Waals surface area contributed by atoms with Crippen LogP contribution < -0.4 is 10.6 Å². The van der Waals surface area contributed by atoms with Crippen molar-refractivity contribution >= 4 is 35.9 Å². The SMILES string of the molecule is Cl.N=C(N)c1ccc(N2CCN(C3CCN(CC(=O)O)CC3CC(=O)O)CC2)cc1. The van der Waals surface area contributed by atoms with Gasteiger partial charge in [-0.05, 0) is 36.6 Å². The molecule has 5 N–H and O–H groups in total. The number of halogens is 1. The van der Waals surface area contributed by atoms with Crippen LogP contribution in [-0.2, 0) is 9.59 Å². The van der Waals surface area contributed by atoms with Crippen molar-refractivity contribution in [3.63, 3.8) is 0 Å². The van der Waals surface area contributed by atoms with Gasteiger partial charge in [-0.1, -0.05) is 0 Å². The number of benzene rings is 1. The predicted molar refractivity (Wildman–Crippen MR) is 117 cm³/mol. The molecule has 30 heavy (non-hydrogen) atoms. The topological polar surface area (TPSA) is 134 Å². The Hall–Kier alpha value is -2.36. The first-order valence-corrected chi connectivity index (χ1v) is 9.93. The number of nitrogens with one attached hydrogen (secondary N) is 1. The summed E-state index contributed by atoms with van der Waals surface area (Å²) in [6.45, 7) is 4.52. The number of amidine groups is 1. The van der Waals surface area contributed by atoms with E-state index in [2.05, 4.69) is 9.80 Å². The number of nitrogens with two attached hydrogens (primary N) is 1. The molecule has 2 aliphatic heterocycles. The minimum Gasteiger partial charge on any atom is -0.481 e. The van der Waals surface area contributed by atoms with E-state index in [1.54, 1.807) is 0 Å². The largest absolute Gasteiger partial charge is 0.481 e. The number of carboxylic acids is 2. The first-order valence-electron chi connectivity index (χ1n) is 9.93. The second-order valence-electron chi connectivity index (χ2n) is 7.83. The maximum Gasteiger partial charge on any atom is 0.317 e. The molecular weight excluding hydrogens is 410 g/mol. The molecule has 0 spiro atoms. The number of rotatable bonds is 7. The van der Waals surface area contributed by atoms with Crippen molar-refractivity contribution in [1.82, 2.24) is 9.80 Å². The molecule has 10 heteroatoms. The lowest BCUT2D eigenvalue weighted by molar-refractivity contribution is -0.140. The van der Waals surface area contributed by atoms with Crippen molar-refractivity contribution in [2.75, 3.05) is 50.7 Å². The molecule has 2 heterocycles. The smallest absolute Gasteiger partial charge is 0.317 e. The molecule has 0 amide bonds. The number of nitrogens with zero attached hydrogens (tertiary/aromatic N) is 3. The zero-order chi connectivity index (χ0) is 21.0.